The van der Waals surface area contributed by atoms with E-state index in [-0.39, 0.29) is 0 Å². The fraction of sp³-hybridized carbons (Fsp3) is 0.333. The van der Waals surface area contributed by atoms with E-state index >= 15 is 0 Å². The summed E-state index contributed by atoms with van der Waals surface area (Å²) >= 11 is 0. The van der Waals surface area contributed by atoms with Crippen LogP contribution in [0.25, 0.3) is 0 Å². The minimum atomic E-state index is 0.393. The third kappa shape index (κ3) is 2.77. The minimum Gasteiger partial charge on any atom is -0.312 e. The van der Waals surface area contributed by atoms with Gasteiger partial charge in [-0.05, 0) is 30.7 Å². The minimum absolute atomic E-state index is 0.393. The Kier molecular flexibility index (Phi) is 3.86. The number of nitrogens with zero attached hydrogens (tertiary/aromatic N) is 1. The molecule has 2 aromatic rings. The van der Waals surface area contributed by atoms with Gasteiger partial charge in [-0.2, -0.15) is 0 Å². The molecule has 1 unspecified atom stereocenters. The Balaban J connectivity index is 1.69. The zero-order chi connectivity index (χ0) is 13.9. The van der Waals surface area contributed by atoms with Gasteiger partial charge >= 0.3 is 0 Å². The van der Waals surface area contributed by atoms with Crippen LogP contribution < -0.4 is 5.32 Å². The summed E-state index contributed by atoms with van der Waals surface area (Å²) in [5.41, 5.74) is 5.64. The molecule has 0 fully saturated rings. The predicted octanol–water partition coefficient (Wildman–Crippen LogP) is 3.27. The molecular weight excluding hydrogens is 244 g/mol. The highest BCUT2D eigenvalue weighted by atomic mass is 15.2. The van der Waals surface area contributed by atoms with Crippen molar-refractivity contribution in [1.82, 2.24) is 10.2 Å². The number of benzene rings is 2. The van der Waals surface area contributed by atoms with Gasteiger partial charge < -0.3 is 5.32 Å². The van der Waals surface area contributed by atoms with Crippen molar-refractivity contribution in [2.45, 2.75) is 26.1 Å². The smallest absolute Gasteiger partial charge is 0.0447 e. The first-order chi connectivity index (χ1) is 9.76. The molecular formula is C18H22N2. The molecule has 20 heavy (non-hydrogen) atoms. The molecule has 2 heteroatoms. The monoisotopic (exact) mass is 266 g/mol. The Hall–Kier alpha value is -1.64. The molecule has 0 aliphatic carbocycles. The van der Waals surface area contributed by atoms with Gasteiger partial charge in [0.1, 0.15) is 0 Å². The Morgan fingerprint density at radius 3 is 2.15 bits per heavy atom. The van der Waals surface area contributed by atoms with E-state index in [0.717, 1.165) is 19.6 Å². The molecule has 104 valence electrons. The van der Waals surface area contributed by atoms with Gasteiger partial charge in [-0.3, -0.25) is 4.90 Å². The summed E-state index contributed by atoms with van der Waals surface area (Å²) in [6, 6.07) is 18.0. The Morgan fingerprint density at radius 2 is 1.60 bits per heavy atom. The quantitative estimate of drug-likeness (QED) is 0.913. The van der Waals surface area contributed by atoms with Crippen molar-refractivity contribution >= 4 is 0 Å². The van der Waals surface area contributed by atoms with Crippen LogP contribution in [0.1, 0.15) is 28.3 Å². The first kappa shape index (κ1) is 13.3. The molecule has 1 N–H and O–H groups in total. The van der Waals surface area contributed by atoms with Gasteiger partial charge in [-0.15, -0.1) is 0 Å². The van der Waals surface area contributed by atoms with Crippen LogP contribution in [0.4, 0.5) is 0 Å². The average Bonchev–Trinajstić information content (AvgIpc) is 2.88. The summed E-state index contributed by atoms with van der Waals surface area (Å²) < 4.78 is 0. The largest absolute Gasteiger partial charge is 0.312 e. The Bertz CT molecular complexity index is 549. The second-order valence-electron chi connectivity index (χ2n) is 5.69. The van der Waals surface area contributed by atoms with Crippen LogP contribution in [0.5, 0.6) is 0 Å². The molecule has 0 spiro atoms. The molecule has 3 rings (SSSR count). The van der Waals surface area contributed by atoms with E-state index < -0.39 is 0 Å². The fourth-order valence-electron chi connectivity index (χ4n) is 2.95. The number of aryl methyl sites for hydroxylation is 1. The molecule has 1 atom stereocenters. The van der Waals surface area contributed by atoms with Crippen LogP contribution in [-0.4, -0.2) is 18.5 Å². The first-order valence-electron chi connectivity index (χ1n) is 7.29. The highest BCUT2D eigenvalue weighted by Gasteiger charge is 2.21. The lowest BCUT2D eigenvalue weighted by Crippen LogP contribution is -2.30. The number of nitrogens with one attached hydrogen (secondary N) is 1. The van der Waals surface area contributed by atoms with Crippen LogP contribution >= 0.6 is 0 Å². The van der Waals surface area contributed by atoms with Crippen molar-refractivity contribution in [1.29, 1.82) is 0 Å². The van der Waals surface area contributed by atoms with E-state index in [0.29, 0.717) is 6.04 Å². The van der Waals surface area contributed by atoms with Crippen LogP contribution in [-0.2, 0) is 13.1 Å². The lowest BCUT2D eigenvalue weighted by Gasteiger charge is -2.23. The third-order valence-corrected chi connectivity index (χ3v) is 4.18. The molecule has 0 saturated carbocycles. The molecule has 0 radical (unpaired) electrons. The van der Waals surface area contributed by atoms with E-state index in [1.165, 1.54) is 22.3 Å². The first-order valence-corrected chi connectivity index (χ1v) is 7.29. The summed E-state index contributed by atoms with van der Waals surface area (Å²) in [7, 11) is 2.05. The van der Waals surface area contributed by atoms with Gasteiger partial charge in [0.25, 0.3) is 0 Å². The molecule has 1 aliphatic rings. The normalized spacial score (nSPS) is 16.1. The van der Waals surface area contributed by atoms with Gasteiger partial charge in [0.15, 0.2) is 0 Å². The number of hydrogen-bond acceptors (Lipinski definition) is 2. The summed E-state index contributed by atoms with van der Waals surface area (Å²) in [6.07, 6.45) is 0. The molecule has 0 saturated heterocycles. The van der Waals surface area contributed by atoms with Crippen molar-refractivity contribution < 1.29 is 0 Å². The van der Waals surface area contributed by atoms with Gasteiger partial charge in [-0.1, -0.05) is 54.1 Å². The van der Waals surface area contributed by atoms with E-state index in [4.69, 9.17) is 0 Å². The topological polar surface area (TPSA) is 15.3 Å². The van der Waals surface area contributed by atoms with Crippen molar-refractivity contribution in [3.8, 4) is 0 Å². The predicted molar refractivity (Wildman–Crippen MR) is 83.5 cm³/mol. The third-order valence-electron chi connectivity index (χ3n) is 4.18. The van der Waals surface area contributed by atoms with Crippen molar-refractivity contribution in [3.63, 3.8) is 0 Å². The van der Waals surface area contributed by atoms with Crippen molar-refractivity contribution in [3.05, 3.63) is 70.8 Å². The molecule has 0 bridgehead atoms. The lowest BCUT2D eigenvalue weighted by molar-refractivity contribution is 0.253. The van der Waals surface area contributed by atoms with Crippen molar-refractivity contribution in [2.24, 2.45) is 0 Å². The number of rotatable bonds is 4. The molecule has 1 aliphatic heterocycles. The van der Waals surface area contributed by atoms with E-state index in [1.807, 2.05) is 7.05 Å². The van der Waals surface area contributed by atoms with Gasteiger partial charge in [-0.25, -0.2) is 0 Å². The Labute approximate surface area is 121 Å². The van der Waals surface area contributed by atoms with E-state index in [2.05, 4.69) is 65.7 Å². The summed E-state index contributed by atoms with van der Waals surface area (Å²) in [5, 5.41) is 3.45. The maximum atomic E-state index is 3.45. The lowest BCUT2D eigenvalue weighted by atomic mass is 10.0. The fourth-order valence-corrected chi connectivity index (χ4v) is 2.95. The van der Waals surface area contributed by atoms with Crippen LogP contribution in [0.2, 0.25) is 0 Å². The summed E-state index contributed by atoms with van der Waals surface area (Å²) in [5.74, 6) is 0. The number of fused-ring (bicyclic) bond motifs is 1. The van der Waals surface area contributed by atoms with Crippen LogP contribution in [0.3, 0.4) is 0 Å². The standard InChI is InChI=1S/C18H22N2/c1-14-7-9-15(10-8-14)18(19-2)13-20-11-16-5-3-4-6-17(16)12-20/h3-10,18-19H,11-13H2,1-2H3. The molecule has 2 nitrogen and oxygen atoms in total. The summed E-state index contributed by atoms with van der Waals surface area (Å²) in [4.78, 5) is 2.52. The Morgan fingerprint density at radius 1 is 1.00 bits per heavy atom. The molecule has 2 aromatic carbocycles. The van der Waals surface area contributed by atoms with Crippen molar-refractivity contribution in [2.75, 3.05) is 13.6 Å². The maximum absolute atomic E-state index is 3.45. The van der Waals surface area contributed by atoms with E-state index in [1.54, 1.807) is 0 Å². The van der Waals surface area contributed by atoms with Gasteiger partial charge in [0, 0.05) is 25.7 Å². The van der Waals surface area contributed by atoms with Gasteiger partial charge in [0.2, 0.25) is 0 Å². The number of hydrogen-bond donors (Lipinski definition) is 1. The average molecular weight is 266 g/mol. The second-order valence-corrected chi connectivity index (χ2v) is 5.69. The highest BCUT2D eigenvalue weighted by Crippen LogP contribution is 2.25. The molecule has 0 amide bonds. The van der Waals surface area contributed by atoms with E-state index in [9.17, 15) is 0 Å². The molecule has 1 heterocycles. The zero-order valence-electron chi connectivity index (χ0n) is 12.3. The van der Waals surface area contributed by atoms with Crippen LogP contribution in [0.15, 0.2) is 48.5 Å². The highest BCUT2D eigenvalue weighted by molar-refractivity contribution is 5.30. The number of likely N-dealkylation sites (N-methyl/N-ethyl adjacent to an activating group) is 1. The molecule has 0 aromatic heterocycles. The zero-order valence-corrected chi connectivity index (χ0v) is 12.3. The SMILES string of the molecule is CNC(CN1Cc2ccccc2C1)c1ccc(C)cc1. The van der Waals surface area contributed by atoms with Crippen LogP contribution in [0, 0.1) is 6.92 Å². The maximum Gasteiger partial charge on any atom is 0.0447 e. The second kappa shape index (κ2) is 5.78. The summed E-state index contributed by atoms with van der Waals surface area (Å²) in [6.45, 7) is 5.32. The van der Waals surface area contributed by atoms with Gasteiger partial charge in [0.05, 0.1) is 0 Å².